The first-order valence-electron chi connectivity index (χ1n) is 12.0. The molecule has 3 N–H and O–H groups in total. The SMILES string of the molecule is Cc1cc(NC(=O)NC(=O)c2ccccc2NC(=O)CN(C)C(=O)OC(C)(C)C)ccc1Oc1ncc(Br)cn1. The molecule has 2 aromatic carbocycles. The minimum Gasteiger partial charge on any atom is -0.444 e. The molecule has 0 radical (unpaired) electrons. The van der Waals surface area contributed by atoms with Crippen LogP contribution in [-0.2, 0) is 9.53 Å². The molecule has 0 saturated carbocycles. The van der Waals surface area contributed by atoms with E-state index in [0.29, 0.717) is 21.5 Å². The van der Waals surface area contributed by atoms with Gasteiger partial charge in [0.05, 0.1) is 15.7 Å². The van der Waals surface area contributed by atoms with Gasteiger partial charge in [0, 0.05) is 25.1 Å². The van der Waals surface area contributed by atoms with Crippen molar-refractivity contribution in [3.05, 3.63) is 70.5 Å². The van der Waals surface area contributed by atoms with Gasteiger partial charge >= 0.3 is 18.1 Å². The highest BCUT2D eigenvalue weighted by Gasteiger charge is 2.22. The number of nitrogens with one attached hydrogen (secondary N) is 3. The van der Waals surface area contributed by atoms with Crippen molar-refractivity contribution < 1.29 is 28.7 Å². The lowest BCUT2D eigenvalue weighted by molar-refractivity contribution is -0.117. The van der Waals surface area contributed by atoms with E-state index in [2.05, 4.69) is 41.8 Å². The van der Waals surface area contributed by atoms with Crippen LogP contribution in [0.15, 0.2) is 59.3 Å². The second-order valence-corrected chi connectivity index (χ2v) is 10.5. The number of halogens is 1. The minimum absolute atomic E-state index is 0.0559. The summed E-state index contributed by atoms with van der Waals surface area (Å²) in [7, 11) is 1.42. The standard InChI is InChI=1S/C27H29BrN6O6/c1-16-12-18(10-11-21(16)39-25-29-13-17(28)14-30-25)31-24(37)33-23(36)19-8-6-7-9-20(19)32-22(35)15-34(5)26(38)40-27(2,3)4/h6-14H,15H2,1-5H3,(H,32,35)(H2,31,33,36,37). The zero-order valence-electron chi connectivity index (χ0n) is 22.6. The normalized spacial score (nSPS) is 10.8. The van der Waals surface area contributed by atoms with E-state index in [-0.39, 0.29) is 23.8 Å². The summed E-state index contributed by atoms with van der Waals surface area (Å²) in [6.07, 6.45) is 2.45. The molecule has 1 aromatic heterocycles. The van der Waals surface area contributed by atoms with Gasteiger partial charge in [-0.3, -0.25) is 14.9 Å². The van der Waals surface area contributed by atoms with Gasteiger partial charge in [-0.25, -0.2) is 19.6 Å². The van der Waals surface area contributed by atoms with Crippen LogP contribution >= 0.6 is 15.9 Å². The van der Waals surface area contributed by atoms with Crippen LogP contribution in [0.2, 0.25) is 0 Å². The van der Waals surface area contributed by atoms with E-state index < -0.39 is 29.5 Å². The fourth-order valence-electron chi connectivity index (χ4n) is 3.23. The molecular formula is C27H29BrN6O6. The quantitative estimate of drug-likeness (QED) is 0.333. The molecule has 0 bridgehead atoms. The highest BCUT2D eigenvalue weighted by molar-refractivity contribution is 9.10. The average molecular weight is 613 g/mol. The number of anilines is 2. The molecule has 210 valence electrons. The monoisotopic (exact) mass is 612 g/mol. The number of hydrogen-bond donors (Lipinski definition) is 3. The Morgan fingerprint density at radius 1 is 1.00 bits per heavy atom. The lowest BCUT2D eigenvalue weighted by Gasteiger charge is -2.24. The highest BCUT2D eigenvalue weighted by Crippen LogP contribution is 2.26. The van der Waals surface area contributed by atoms with E-state index in [4.69, 9.17) is 9.47 Å². The number of imide groups is 1. The third kappa shape index (κ3) is 9.05. The molecule has 0 spiro atoms. The van der Waals surface area contributed by atoms with Gasteiger partial charge in [-0.15, -0.1) is 0 Å². The molecule has 13 heteroatoms. The Balaban J connectivity index is 1.59. The third-order valence-corrected chi connectivity index (χ3v) is 5.40. The van der Waals surface area contributed by atoms with Crippen molar-refractivity contribution in [2.24, 2.45) is 0 Å². The second kappa shape index (κ2) is 13.0. The van der Waals surface area contributed by atoms with Gasteiger partial charge in [-0.2, -0.15) is 0 Å². The Morgan fingerprint density at radius 2 is 1.68 bits per heavy atom. The summed E-state index contributed by atoms with van der Waals surface area (Å²) in [4.78, 5) is 59.3. The molecule has 0 fully saturated rings. The first kappa shape index (κ1) is 30.0. The molecule has 3 aromatic rings. The maximum atomic E-state index is 12.8. The van der Waals surface area contributed by atoms with Crippen LogP contribution in [0.1, 0.15) is 36.7 Å². The number of urea groups is 1. The first-order valence-corrected chi connectivity index (χ1v) is 12.8. The molecule has 3 rings (SSSR count). The number of aromatic nitrogens is 2. The molecule has 0 aliphatic rings. The molecule has 0 atom stereocenters. The Hall–Kier alpha value is -4.52. The Kier molecular flexibility index (Phi) is 9.78. The fourth-order valence-corrected chi connectivity index (χ4v) is 3.43. The van der Waals surface area contributed by atoms with Gasteiger partial charge in [-0.05, 0) is 79.5 Å². The number of benzene rings is 2. The van der Waals surface area contributed by atoms with E-state index in [1.807, 2.05) is 0 Å². The number of rotatable bonds is 7. The molecular weight excluding hydrogens is 584 g/mol. The number of amides is 5. The number of hydrogen-bond acceptors (Lipinski definition) is 8. The van der Waals surface area contributed by atoms with Crippen molar-refractivity contribution in [2.75, 3.05) is 24.2 Å². The minimum atomic E-state index is -0.778. The van der Waals surface area contributed by atoms with Gasteiger partial charge in [0.1, 0.15) is 17.9 Å². The van der Waals surface area contributed by atoms with Gasteiger partial charge < -0.3 is 25.0 Å². The van der Waals surface area contributed by atoms with Gasteiger partial charge in [-0.1, -0.05) is 12.1 Å². The van der Waals surface area contributed by atoms with E-state index in [1.54, 1.807) is 70.4 Å². The van der Waals surface area contributed by atoms with E-state index in [0.717, 1.165) is 4.90 Å². The predicted octanol–water partition coefficient (Wildman–Crippen LogP) is 5.11. The molecule has 0 saturated heterocycles. The molecule has 0 aliphatic carbocycles. The summed E-state index contributed by atoms with van der Waals surface area (Å²) in [5, 5.41) is 7.42. The van der Waals surface area contributed by atoms with Crippen LogP contribution < -0.4 is 20.7 Å². The van der Waals surface area contributed by atoms with Crippen LogP contribution in [0.3, 0.4) is 0 Å². The van der Waals surface area contributed by atoms with Crippen molar-refractivity contribution in [3.8, 4) is 11.8 Å². The Labute approximate surface area is 239 Å². The number of aryl methyl sites for hydroxylation is 1. The molecule has 1 heterocycles. The second-order valence-electron chi connectivity index (χ2n) is 9.60. The smallest absolute Gasteiger partial charge is 0.410 e. The lowest BCUT2D eigenvalue weighted by Crippen LogP contribution is -2.39. The van der Waals surface area contributed by atoms with Crippen molar-refractivity contribution in [2.45, 2.75) is 33.3 Å². The Bertz CT molecular complexity index is 1410. The van der Waals surface area contributed by atoms with Gasteiger partial charge in [0.15, 0.2) is 0 Å². The summed E-state index contributed by atoms with van der Waals surface area (Å²) in [5.41, 5.74) is 0.623. The maximum absolute atomic E-state index is 12.8. The number of likely N-dealkylation sites (N-methyl/N-ethyl adjacent to an activating group) is 1. The van der Waals surface area contributed by atoms with Crippen LogP contribution in [-0.4, -0.2) is 58.0 Å². The molecule has 40 heavy (non-hydrogen) atoms. The zero-order valence-corrected chi connectivity index (χ0v) is 24.2. The molecule has 0 unspecified atom stereocenters. The lowest BCUT2D eigenvalue weighted by atomic mass is 10.1. The summed E-state index contributed by atoms with van der Waals surface area (Å²) < 4.78 is 11.6. The summed E-state index contributed by atoms with van der Waals surface area (Å²) >= 11 is 3.26. The summed E-state index contributed by atoms with van der Waals surface area (Å²) in [5.74, 6) is -0.798. The summed E-state index contributed by atoms with van der Waals surface area (Å²) in [6, 6.07) is 10.5. The van der Waals surface area contributed by atoms with Crippen LogP contribution in [0, 0.1) is 6.92 Å². The first-order chi connectivity index (χ1) is 18.8. The van der Waals surface area contributed by atoms with Crippen molar-refractivity contribution in [1.82, 2.24) is 20.2 Å². The van der Waals surface area contributed by atoms with Gasteiger partial charge in [0.25, 0.3) is 5.91 Å². The largest absolute Gasteiger partial charge is 0.444 e. The summed E-state index contributed by atoms with van der Waals surface area (Å²) in [6.45, 7) is 6.62. The van der Waals surface area contributed by atoms with Crippen LogP contribution in [0.25, 0.3) is 0 Å². The van der Waals surface area contributed by atoms with Gasteiger partial charge in [0.2, 0.25) is 5.91 Å². The van der Waals surface area contributed by atoms with E-state index >= 15 is 0 Å². The van der Waals surface area contributed by atoms with E-state index in [1.165, 1.54) is 19.2 Å². The third-order valence-electron chi connectivity index (χ3n) is 4.99. The predicted molar refractivity (Wildman–Crippen MR) is 151 cm³/mol. The molecule has 12 nitrogen and oxygen atoms in total. The number of carbonyl (C=O) groups excluding carboxylic acids is 4. The highest BCUT2D eigenvalue weighted by atomic mass is 79.9. The van der Waals surface area contributed by atoms with Crippen molar-refractivity contribution >= 4 is 51.2 Å². The fraction of sp³-hybridized carbons (Fsp3) is 0.259. The maximum Gasteiger partial charge on any atom is 0.410 e. The van der Waals surface area contributed by atoms with Crippen LogP contribution in [0.5, 0.6) is 11.8 Å². The van der Waals surface area contributed by atoms with Crippen molar-refractivity contribution in [1.29, 1.82) is 0 Å². The topological polar surface area (TPSA) is 152 Å². The van der Waals surface area contributed by atoms with E-state index in [9.17, 15) is 19.2 Å². The average Bonchev–Trinajstić information content (AvgIpc) is 2.86. The van der Waals surface area contributed by atoms with Crippen molar-refractivity contribution in [3.63, 3.8) is 0 Å². The number of carbonyl (C=O) groups is 4. The Morgan fingerprint density at radius 3 is 2.33 bits per heavy atom. The molecule has 0 aliphatic heterocycles. The van der Waals surface area contributed by atoms with Crippen LogP contribution in [0.4, 0.5) is 21.0 Å². The number of ether oxygens (including phenoxy) is 2. The number of nitrogens with zero attached hydrogens (tertiary/aromatic N) is 3. The molecule has 5 amide bonds. The number of para-hydroxylation sites is 1. The zero-order chi connectivity index (χ0) is 29.4.